The molecule has 0 saturated heterocycles. The van der Waals surface area contributed by atoms with Gasteiger partial charge in [0.05, 0.1) is 0 Å². The first-order valence-electron chi connectivity index (χ1n) is 7.88. The highest BCUT2D eigenvalue weighted by Crippen LogP contribution is 2.51. The molecule has 3 rings (SSSR count). The number of hydrogen-bond donors (Lipinski definition) is 1. The number of aromatic hydroxyl groups is 1. The largest absolute Gasteiger partial charge is 0.507 e. The third-order valence-corrected chi connectivity index (χ3v) is 5.21. The fourth-order valence-corrected chi connectivity index (χ4v) is 4.46. The fourth-order valence-electron chi connectivity index (χ4n) is 4.05. The van der Waals surface area contributed by atoms with Gasteiger partial charge in [-0.05, 0) is 51.1 Å². The molecule has 1 aliphatic heterocycles. The van der Waals surface area contributed by atoms with Crippen LogP contribution in [0.5, 0.6) is 5.75 Å². The van der Waals surface area contributed by atoms with Crippen molar-refractivity contribution in [1.29, 1.82) is 0 Å². The topological polar surface area (TPSA) is 23.5 Å². The molecule has 0 bridgehead atoms. The Hall–Kier alpha value is -1.41. The Morgan fingerprint density at radius 3 is 2.55 bits per heavy atom. The minimum atomic E-state index is -0.0161. The number of phenols is 1. The van der Waals surface area contributed by atoms with Gasteiger partial charge in [0, 0.05) is 40.5 Å². The number of alkyl halides is 1. The van der Waals surface area contributed by atoms with Crippen LogP contribution in [0, 0.1) is 6.92 Å². The summed E-state index contributed by atoms with van der Waals surface area (Å²) in [7, 11) is 0. The number of rotatable bonds is 1. The summed E-state index contributed by atoms with van der Waals surface area (Å²) in [6.45, 7) is 11.0. The summed E-state index contributed by atoms with van der Waals surface area (Å²) in [5.74, 6) is 1.23. The van der Waals surface area contributed by atoms with Gasteiger partial charge in [-0.25, -0.2) is 0 Å². The van der Waals surface area contributed by atoms with E-state index >= 15 is 0 Å². The molecule has 1 N–H and O–H groups in total. The summed E-state index contributed by atoms with van der Waals surface area (Å²) >= 11 is 6.35. The molecule has 3 heteroatoms. The summed E-state index contributed by atoms with van der Waals surface area (Å²) < 4.78 is 0. The van der Waals surface area contributed by atoms with Crippen LogP contribution in [0.1, 0.15) is 44.7 Å². The molecule has 0 aromatic heterocycles. The lowest BCUT2D eigenvalue weighted by molar-refractivity contribution is 0.445. The molecule has 2 nitrogen and oxygen atoms in total. The number of benzene rings is 2. The van der Waals surface area contributed by atoms with Crippen LogP contribution in [0.2, 0.25) is 0 Å². The van der Waals surface area contributed by atoms with E-state index in [1.165, 1.54) is 16.5 Å². The van der Waals surface area contributed by atoms with Crippen molar-refractivity contribution in [3.05, 3.63) is 35.4 Å². The molecule has 0 fully saturated rings. The molecule has 0 saturated carbocycles. The molecule has 2 aromatic rings. The van der Waals surface area contributed by atoms with Crippen molar-refractivity contribution >= 4 is 28.1 Å². The molecule has 0 radical (unpaired) electrons. The van der Waals surface area contributed by atoms with Crippen LogP contribution in [0.15, 0.2) is 24.3 Å². The predicted octanol–water partition coefficient (Wildman–Crippen LogP) is 5.18. The normalized spacial score (nSPS) is 21.5. The van der Waals surface area contributed by atoms with Crippen molar-refractivity contribution in [3.8, 4) is 5.75 Å². The summed E-state index contributed by atoms with van der Waals surface area (Å²) in [4.78, 5) is 2.40. The van der Waals surface area contributed by atoms with Gasteiger partial charge in [-0.1, -0.05) is 18.2 Å². The van der Waals surface area contributed by atoms with Gasteiger partial charge >= 0.3 is 0 Å². The van der Waals surface area contributed by atoms with E-state index in [0.717, 1.165) is 11.1 Å². The number of aryl methyl sites for hydroxylation is 1. The van der Waals surface area contributed by atoms with Gasteiger partial charge in [0.1, 0.15) is 5.75 Å². The van der Waals surface area contributed by atoms with E-state index in [0.29, 0.717) is 17.7 Å². The van der Waals surface area contributed by atoms with Crippen molar-refractivity contribution < 1.29 is 5.11 Å². The van der Waals surface area contributed by atoms with Gasteiger partial charge < -0.3 is 10.0 Å². The first-order chi connectivity index (χ1) is 10.3. The molecule has 118 valence electrons. The second kappa shape index (κ2) is 5.06. The van der Waals surface area contributed by atoms with E-state index < -0.39 is 0 Å². The summed E-state index contributed by atoms with van der Waals surface area (Å²) in [5.41, 5.74) is 3.61. The van der Waals surface area contributed by atoms with E-state index in [1.54, 1.807) is 0 Å². The Labute approximate surface area is 137 Å². The van der Waals surface area contributed by atoms with E-state index in [-0.39, 0.29) is 11.5 Å². The molecule has 2 aromatic carbocycles. The standard InChI is InChI=1S/C19H24ClNO/c1-11-7-6-8-13-16(22)9-15-18(17(11)13)14(10-20)12(2)21(15)19(3,4)5/h6-9,12,14,22H,10H2,1-5H3/t12-,14?/m1/s1. The summed E-state index contributed by atoms with van der Waals surface area (Å²) in [6.07, 6.45) is 0. The van der Waals surface area contributed by atoms with Crippen molar-refractivity contribution in [2.24, 2.45) is 0 Å². The Morgan fingerprint density at radius 1 is 1.27 bits per heavy atom. The highest BCUT2D eigenvalue weighted by Gasteiger charge is 2.41. The van der Waals surface area contributed by atoms with E-state index in [2.05, 4.69) is 45.6 Å². The molecule has 0 amide bonds. The lowest BCUT2D eigenvalue weighted by atomic mass is 9.90. The highest BCUT2D eigenvalue weighted by atomic mass is 35.5. The van der Waals surface area contributed by atoms with Crippen LogP contribution in [0.25, 0.3) is 10.8 Å². The molecule has 22 heavy (non-hydrogen) atoms. The smallest absolute Gasteiger partial charge is 0.125 e. The monoisotopic (exact) mass is 317 g/mol. The van der Waals surface area contributed by atoms with E-state index in [9.17, 15) is 5.11 Å². The quantitative estimate of drug-likeness (QED) is 0.732. The van der Waals surface area contributed by atoms with Crippen LogP contribution in [-0.2, 0) is 0 Å². The van der Waals surface area contributed by atoms with Gasteiger partial charge in [0.25, 0.3) is 0 Å². The van der Waals surface area contributed by atoms with Crippen molar-refractivity contribution in [2.75, 3.05) is 10.8 Å². The highest BCUT2D eigenvalue weighted by molar-refractivity contribution is 6.19. The maximum absolute atomic E-state index is 10.5. The molecule has 2 atom stereocenters. The van der Waals surface area contributed by atoms with E-state index in [4.69, 9.17) is 11.6 Å². The second-order valence-electron chi connectivity index (χ2n) is 7.37. The molecule has 0 aliphatic carbocycles. The molecular formula is C19H24ClNO. The Balaban J connectivity index is 2.41. The van der Waals surface area contributed by atoms with Crippen molar-refractivity contribution in [2.45, 2.75) is 52.1 Å². The third kappa shape index (κ3) is 2.08. The Kier molecular flexibility index (Phi) is 3.56. The number of nitrogens with zero attached hydrogens (tertiary/aromatic N) is 1. The second-order valence-corrected chi connectivity index (χ2v) is 7.68. The number of fused-ring (bicyclic) bond motifs is 3. The molecule has 0 spiro atoms. The minimum Gasteiger partial charge on any atom is -0.507 e. The van der Waals surface area contributed by atoms with E-state index in [1.807, 2.05) is 18.2 Å². The first kappa shape index (κ1) is 15.5. The molecular weight excluding hydrogens is 294 g/mol. The van der Waals surface area contributed by atoms with Crippen molar-refractivity contribution in [3.63, 3.8) is 0 Å². The lowest BCUT2D eigenvalue weighted by Crippen LogP contribution is -2.46. The zero-order valence-corrected chi connectivity index (χ0v) is 14.7. The average molecular weight is 318 g/mol. The average Bonchev–Trinajstić information content (AvgIpc) is 2.70. The summed E-state index contributed by atoms with van der Waals surface area (Å²) in [5, 5.41) is 12.6. The number of halogens is 1. The molecule has 1 heterocycles. The van der Waals surface area contributed by atoms with Gasteiger partial charge in [0.15, 0.2) is 0 Å². The molecule has 1 unspecified atom stereocenters. The zero-order valence-electron chi connectivity index (χ0n) is 13.9. The summed E-state index contributed by atoms with van der Waals surface area (Å²) in [6, 6.07) is 8.34. The van der Waals surface area contributed by atoms with Crippen LogP contribution in [-0.4, -0.2) is 22.6 Å². The van der Waals surface area contributed by atoms with Crippen LogP contribution in [0.4, 0.5) is 5.69 Å². The fraction of sp³-hybridized carbons (Fsp3) is 0.474. The lowest BCUT2D eigenvalue weighted by Gasteiger charge is -2.39. The molecule has 1 aliphatic rings. The number of hydrogen-bond acceptors (Lipinski definition) is 2. The minimum absolute atomic E-state index is 0.0161. The maximum Gasteiger partial charge on any atom is 0.125 e. The number of anilines is 1. The Morgan fingerprint density at radius 2 is 1.95 bits per heavy atom. The van der Waals surface area contributed by atoms with Crippen LogP contribution < -0.4 is 4.90 Å². The van der Waals surface area contributed by atoms with Gasteiger partial charge in [0.2, 0.25) is 0 Å². The van der Waals surface area contributed by atoms with Gasteiger partial charge in [-0.15, -0.1) is 11.6 Å². The van der Waals surface area contributed by atoms with Crippen molar-refractivity contribution in [1.82, 2.24) is 0 Å². The van der Waals surface area contributed by atoms with Gasteiger partial charge in [-0.3, -0.25) is 0 Å². The van der Waals surface area contributed by atoms with Crippen LogP contribution >= 0.6 is 11.6 Å². The predicted molar refractivity (Wildman–Crippen MR) is 95.5 cm³/mol. The first-order valence-corrected chi connectivity index (χ1v) is 8.41. The Bertz CT molecular complexity index is 732. The SMILES string of the molecule is Cc1cccc2c(O)cc3c(c12)C(CCl)[C@@H](C)N3C(C)(C)C. The third-order valence-electron chi connectivity index (χ3n) is 4.88. The maximum atomic E-state index is 10.5. The zero-order chi connectivity index (χ0) is 16.2. The van der Waals surface area contributed by atoms with Crippen LogP contribution in [0.3, 0.4) is 0 Å². The van der Waals surface area contributed by atoms with Gasteiger partial charge in [-0.2, -0.15) is 0 Å². The number of phenolic OH excluding ortho intramolecular Hbond substituents is 1.